The number of Topliss-reactive ketones (excluding diaryl/α,β-unsaturated/α-hetero) is 1. The van der Waals surface area contributed by atoms with E-state index in [-0.39, 0.29) is 40.8 Å². The number of carbonyl (C=O) groups excluding carboxylic acids is 2. The van der Waals surface area contributed by atoms with Crippen LogP contribution in [0.5, 0.6) is 5.75 Å². The van der Waals surface area contributed by atoms with Crippen LogP contribution in [-0.2, 0) is 22.4 Å². The molecule has 43 heavy (non-hydrogen) atoms. The minimum atomic E-state index is -1.35. The quantitative estimate of drug-likeness (QED) is 0.422. The van der Waals surface area contributed by atoms with Crippen molar-refractivity contribution in [2.75, 3.05) is 36.5 Å². The highest BCUT2D eigenvalue weighted by atomic mass is 19.1. The lowest BCUT2D eigenvalue weighted by atomic mass is 10.0. The number of amides is 1. The fraction of sp³-hybridized carbons (Fsp3) is 0.419. The standard InChI is InChI=1S/C31H33FN4O7/c1-15-23-26(35(19-6-7-19)13-21(28(23)38)30(39)40)29(42-3)27(24(15)32)34-10-8-17-4-5-20(12-18(17)9-11-34)36-14-22(43-31(36)41)25(33)16(2)37/h4-5,12-13,19,22,25H,6-11,14,33H2,1-3H3,(H,39,40). The maximum Gasteiger partial charge on any atom is 0.414 e. The van der Waals surface area contributed by atoms with Crippen LogP contribution >= 0.6 is 0 Å². The number of ketones is 1. The largest absolute Gasteiger partial charge is 0.492 e. The van der Waals surface area contributed by atoms with Gasteiger partial charge in [0.25, 0.3) is 0 Å². The molecule has 1 amide bonds. The number of nitrogens with two attached hydrogens (primary N) is 1. The van der Waals surface area contributed by atoms with E-state index in [1.807, 2.05) is 23.1 Å². The van der Waals surface area contributed by atoms with Crippen molar-refractivity contribution in [1.82, 2.24) is 4.57 Å². The minimum absolute atomic E-state index is 0.00138. The Bertz CT molecular complexity index is 1750. The van der Waals surface area contributed by atoms with Gasteiger partial charge in [-0.05, 0) is 62.8 Å². The van der Waals surface area contributed by atoms with E-state index in [4.69, 9.17) is 15.2 Å². The number of ether oxygens (including phenoxy) is 2. The number of aromatic carboxylic acids is 1. The Morgan fingerprint density at radius 1 is 1.16 bits per heavy atom. The molecule has 226 valence electrons. The second kappa shape index (κ2) is 10.7. The number of anilines is 2. The molecule has 2 atom stereocenters. The van der Waals surface area contributed by atoms with E-state index < -0.39 is 41.0 Å². The number of benzene rings is 2. The average molecular weight is 593 g/mol. The maximum absolute atomic E-state index is 16.2. The molecule has 2 aliphatic heterocycles. The molecule has 6 rings (SSSR count). The van der Waals surface area contributed by atoms with Crippen LogP contribution in [0.3, 0.4) is 0 Å². The molecule has 3 N–H and O–H groups in total. The van der Waals surface area contributed by atoms with Gasteiger partial charge in [0, 0.05) is 36.6 Å². The number of cyclic esters (lactones) is 1. The number of pyridine rings is 1. The molecule has 2 aromatic carbocycles. The van der Waals surface area contributed by atoms with Crippen molar-refractivity contribution in [2.45, 2.75) is 57.7 Å². The topological polar surface area (TPSA) is 144 Å². The summed E-state index contributed by atoms with van der Waals surface area (Å²) in [7, 11) is 1.43. The molecule has 3 aromatic rings. The third kappa shape index (κ3) is 4.79. The highest BCUT2D eigenvalue weighted by Crippen LogP contribution is 2.45. The molecule has 1 saturated carbocycles. The molecule has 0 radical (unpaired) electrons. The maximum atomic E-state index is 16.2. The monoisotopic (exact) mass is 592 g/mol. The Kier molecular flexibility index (Phi) is 7.11. The van der Waals surface area contributed by atoms with E-state index in [0.717, 1.165) is 24.0 Å². The highest BCUT2D eigenvalue weighted by molar-refractivity contribution is 5.99. The number of carboxylic acid groups (broad SMARTS) is 1. The summed E-state index contributed by atoms with van der Waals surface area (Å²) in [6, 6.07) is 4.79. The molecular formula is C31H33FN4O7. The van der Waals surface area contributed by atoms with Gasteiger partial charge in [-0.25, -0.2) is 14.0 Å². The van der Waals surface area contributed by atoms with Gasteiger partial charge in [0.15, 0.2) is 11.6 Å². The van der Waals surface area contributed by atoms with Crippen molar-refractivity contribution < 1.29 is 33.4 Å². The van der Waals surface area contributed by atoms with Gasteiger partial charge in [-0.1, -0.05) is 6.07 Å². The van der Waals surface area contributed by atoms with Crippen molar-refractivity contribution in [2.24, 2.45) is 5.73 Å². The average Bonchev–Trinajstić information content (AvgIpc) is 3.78. The number of hydrogen-bond donors (Lipinski definition) is 2. The number of fused-ring (bicyclic) bond motifs is 2. The lowest BCUT2D eigenvalue weighted by Gasteiger charge is -2.28. The van der Waals surface area contributed by atoms with Gasteiger partial charge in [0.1, 0.15) is 29.2 Å². The molecule has 0 bridgehead atoms. The zero-order valence-electron chi connectivity index (χ0n) is 24.2. The van der Waals surface area contributed by atoms with Crippen LogP contribution in [0.1, 0.15) is 52.9 Å². The summed E-state index contributed by atoms with van der Waals surface area (Å²) in [5, 5.41) is 9.70. The summed E-state index contributed by atoms with van der Waals surface area (Å²) in [5.74, 6) is -2.03. The fourth-order valence-electron chi connectivity index (χ4n) is 6.23. The van der Waals surface area contributed by atoms with Crippen molar-refractivity contribution >= 4 is 40.1 Å². The highest BCUT2D eigenvalue weighted by Gasteiger charge is 2.38. The number of carbonyl (C=O) groups is 3. The summed E-state index contributed by atoms with van der Waals surface area (Å²) in [4.78, 5) is 52.8. The van der Waals surface area contributed by atoms with Crippen LogP contribution < -0.4 is 25.7 Å². The van der Waals surface area contributed by atoms with Crippen molar-refractivity contribution in [3.63, 3.8) is 0 Å². The first-order valence-corrected chi connectivity index (χ1v) is 14.3. The Balaban J connectivity index is 1.36. The smallest absolute Gasteiger partial charge is 0.414 e. The molecule has 11 nitrogen and oxygen atoms in total. The number of hydrogen-bond acceptors (Lipinski definition) is 8. The minimum Gasteiger partial charge on any atom is -0.492 e. The molecule has 1 aliphatic carbocycles. The van der Waals surface area contributed by atoms with Gasteiger partial charge in [0.05, 0.1) is 24.6 Å². The van der Waals surface area contributed by atoms with Crippen LogP contribution in [-0.4, -0.2) is 66.4 Å². The molecular weight excluding hydrogens is 559 g/mol. The van der Waals surface area contributed by atoms with E-state index in [2.05, 4.69) is 0 Å². The Morgan fingerprint density at radius 3 is 2.49 bits per heavy atom. The van der Waals surface area contributed by atoms with Gasteiger partial charge in [-0.15, -0.1) is 0 Å². The number of aromatic nitrogens is 1. The van der Waals surface area contributed by atoms with Crippen molar-refractivity contribution in [3.05, 3.63) is 62.7 Å². The number of rotatable bonds is 7. The Labute approximate surface area is 246 Å². The van der Waals surface area contributed by atoms with Crippen LogP contribution in [0.25, 0.3) is 10.9 Å². The van der Waals surface area contributed by atoms with E-state index >= 15 is 4.39 Å². The van der Waals surface area contributed by atoms with Gasteiger partial charge in [0.2, 0.25) is 5.43 Å². The van der Waals surface area contributed by atoms with Crippen LogP contribution in [0.4, 0.5) is 20.6 Å². The third-order valence-corrected chi connectivity index (χ3v) is 8.78. The van der Waals surface area contributed by atoms with E-state index in [1.165, 1.54) is 32.1 Å². The van der Waals surface area contributed by atoms with Crippen molar-refractivity contribution in [3.8, 4) is 5.75 Å². The third-order valence-electron chi connectivity index (χ3n) is 8.78. The first kappa shape index (κ1) is 28.7. The van der Waals surface area contributed by atoms with E-state index in [9.17, 15) is 24.3 Å². The fourth-order valence-corrected chi connectivity index (χ4v) is 6.23. The number of aryl methyl sites for hydroxylation is 1. The SMILES string of the molecule is COc1c(N2CCc3ccc(N4CC(C(N)C(C)=O)OC4=O)cc3CC2)c(F)c(C)c2c(=O)c(C(=O)O)cn(C3CC3)c12. The predicted octanol–water partition coefficient (Wildman–Crippen LogP) is 3.34. The zero-order chi connectivity index (χ0) is 30.7. The second-order valence-corrected chi connectivity index (χ2v) is 11.5. The lowest BCUT2D eigenvalue weighted by molar-refractivity contribution is -0.120. The Morgan fingerprint density at radius 2 is 1.86 bits per heavy atom. The summed E-state index contributed by atoms with van der Waals surface area (Å²) in [5.41, 5.74) is 8.19. The number of carboxylic acids is 1. The molecule has 1 saturated heterocycles. The van der Waals surface area contributed by atoms with Crippen LogP contribution in [0, 0.1) is 12.7 Å². The normalized spacial score (nSPS) is 19.2. The number of halogens is 1. The van der Waals surface area contributed by atoms with Gasteiger partial charge >= 0.3 is 12.1 Å². The van der Waals surface area contributed by atoms with Gasteiger partial charge in [-0.3, -0.25) is 14.5 Å². The van der Waals surface area contributed by atoms with Crippen LogP contribution in [0.15, 0.2) is 29.2 Å². The molecule has 12 heteroatoms. The first-order valence-electron chi connectivity index (χ1n) is 14.3. The molecule has 2 unspecified atom stereocenters. The van der Waals surface area contributed by atoms with Crippen molar-refractivity contribution in [1.29, 1.82) is 0 Å². The second-order valence-electron chi connectivity index (χ2n) is 11.5. The molecule has 2 fully saturated rings. The number of methoxy groups -OCH3 is 1. The summed E-state index contributed by atoms with van der Waals surface area (Å²) >= 11 is 0. The van der Waals surface area contributed by atoms with Gasteiger partial charge in [-0.2, -0.15) is 0 Å². The van der Waals surface area contributed by atoms with Crippen LogP contribution in [0.2, 0.25) is 0 Å². The zero-order valence-corrected chi connectivity index (χ0v) is 24.2. The predicted molar refractivity (Wildman–Crippen MR) is 157 cm³/mol. The first-order chi connectivity index (χ1) is 20.5. The van der Waals surface area contributed by atoms with E-state index in [1.54, 1.807) is 4.57 Å². The van der Waals surface area contributed by atoms with E-state index in [0.29, 0.717) is 37.1 Å². The molecule has 3 heterocycles. The molecule has 3 aliphatic rings. The van der Waals surface area contributed by atoms with Gasteiger partial charge < -0.3 is 29.8 Å². The Hall–Kier alpha value is -4.45. The number of nitrogens with zero attached hydrogens (tertiary/aromatic N) is 3. The molecule has 0 spiro atoms. The summed E-state index contributed by atoms with van der Waals surface area (Å²) in [6.07, 6.45) is 2.82. The molecule has 1 aromatic heterocycles. The summed E-state index contributed by atoms with van der Waals surface area (Å²) < 4.78 is 29.2. The summed E-state index contributed by atoms with van der Waals surface area (Å²) in [6.45, 7) is 3.92. The lowest BCUT2D eigenvalue weighted by Crippen LogP contribution is -2.43.